The number of aliphatic hydroxyl groups is 1. The second-order valence-electron chi connectivity index (χ2n) is 7.57. The van der Waals surface area contributed by atoms with Gasteiger partial charge in [0.25, 0.3) is 0 Å². The predicted molar refractivity (Wildman–Crippen MR) is 104 cm³/mol. The summed E-state index contributed by atoms with van der Waals surface area (Å²) in [5, 5.41) is 23.5. The van der Waals surface area contributed by atoms with Crippen LogP contribution in [-0.4, -0.2) is 32.2 Å². The van der Waals surface area contributed by atoms with Gasteiger partial charge in [0.15, 0.2) is 3.79 Å². The third-order valence-electron chi connectivity index (χ3n) is 6.25. The topological polar surface area (TPSA) is 69.6 Å². The number of hydrogen-bond donors (Lipinski definition) is 3. The molecule has 0 heterocycles. The molecule has 0 aromatic heterocycles. The minimum absolute atomic E-state index is 0.0592. The average Bonchev–Trinajstić information content (AvgIpc) is 3.05. The molecule has 2 aliphatic rings. The zero-order valence-corrected chi connectivity index (χ0v) is 16.7. The molecule has 7 heteroatoms. The number of carboxylic acid groups (broad SMARTS) is 1. The highest BCUT2D eigenvalue weighted by atomic mass is 35.6. The highest BCUT2D eigenvalue weighted by Crippen LogP contribution is 2.58. The molecule has 0 aliphatic heterocycles. The Hall–Kier alpha value is -0.680. The van der Waals surface area contributed by atoms with Gasteiger partial charge in [0.2, 0.25) is 0 Å². The van der Waals surface area contributed by atoms with Crippen LogP contribution in [0.3, 0.4) is 0 Å². The van der Waals surface area contributed by atoms with Gasteiger partial charge >= 0.3 is 6.09 Å². The molecule has 2 unspecified atom stereocenters. The van der Waals surface area contributed by atoms with Gasteiger partial charge in [-0.25, -0.2) is 4.79 Å². The van der Waals surface area contributed by atoms with Crippen LogP contribution < -0.4 is 5.32 Å². The lowest BCUT2D eigenvalue weighted by Crippen LogP contribution is -2.60. The van der Waals surface area contributed by atoms with E-state index >= 15 is 0 Å². The fraction of sp³-hybridized carbons (Fsp3) is 0.632. The summed E-state index contributed by atoms with van der Waals surface area (Å²) in [5.74, 6) is -0.488. The van der Waals surface area contributed by atoms with Crippen LogP contribution in [0.15, 0.2) is 24.3 Å². The molecule has 1 aromatic rings. The van der Waals surface area contributed by atoms with Gasteiger partial charge in [-0.2, -0.15) is 0 Å². The standard InChI is InChI=1S/C19H24Cl3NO3/c20-19(21,22)11-14(12-23-16(24)25)18(26)10-7-13-5-1-2-6-15(13)17(18)8-3-4-9-17/h1-2,5-6,14,23,26H,3-4,7-12H2,(H,24,25). The quantitative estimate of drug-likeness (QED) is 0.612. The van der Waals surface area contributed by atoms with E-state index in [1.165, 1.54) is 11.1 Å². The van der Waals surface area contributed by atoms with Crippen molar-refractivity contribution in [2.24, 2.45) is 5.92 Å². The lowest BCUT2D eigenvalue weighted by Gasteiger charge is -2.54. The third kappa shape index (κ3) is 3.66. The van der Waals surface area contributed by atoms with Crippen LogP contribution in [0.2, 0.25) is 0 Å². The maximum absolute atomic E-state index is 12.0. The lowest BCUT2D eigenvalue weighted by atomic mass is 9.55. The first-order chi connectivity index (χ1) is 12.2. The molecular weight excluding hydrogens is 397 g/mol. The number of nitrogens with one attached hydrogen (secondary N) is 1. The van der Waals surface area contributed by atoms with E-state index in [4.69, 9.17) is 39.9 Å². The molecular formula is C19H24Cl3NO3. The van der Waals surface area contributed by atoms with Crippen molar-refractivity contribution in [2.75, 3.05) is 6.54 Å². The van der Waals surface area contributed by atoms with Crippen LogP contribution in [-0.2, 0) is 11.8 Å². The van der Waals surface area contributed by atoms with Gasteiger partial charge in [-0.3, -0.25) is 0 Å². The van der Waals surface area contributed by atoms with Gasteiger partial charge in [-0.05, 0) is 36.8 Å². The SMILES string of the molecule is O=C(O)NCC(CC(Cl)(Cl)Cl)C1(O)CCc2ccccc2C12CCCC2. The largest absolute Gasteiger partial charge is 0.465 e. The van der Waals surface area contributed by atoms with Crippen LogP contribution in [0, 0.1) is 5.92 Å². The van der Waals surface area contributed by atoms with Crippen molar-refractivity contribution < 1.29 is 15.0 Å². The summed E-state index contributed by atoms with van der Waals surface area (Å²) >= 11 is 18.2. The number of alkyl halides is 3. The van der Waals surface area contributed by atoms with Crippen molar-refractivity contribution >= 4 is 40.9 Å². The molecule has 144 valence electrons. The van der Waals surface area contributed by atoms with Crippen LogP contribution in [0.5, 0.6) is 0 Å². The lowest BCUT2D eigenvalue weighted by molar-refractivity contribution is -0.101. The first kappa shape index (κ1) is 20.1. The Labute approximate surface area is 168 Å². The van der Waals surface area contributed by atoms with Crippen molar-refractivity contribution in [3.8, 4) is 0 Å². The molecule has 1 saturated carbocycles. The Balaban J connectivity index is 2.04. The zero-order valence-electron chi connectivity index (χ0n) is 14.5. The number of benzene rings is 1. The molecule has 3 rings (SSSR count). The summed E-state index contributed by atoms with van der Waals surface area (Å²) in [4.78, 5) is 11.1. The first-order valence-electron chi connectivity index (χ1n) is 9.02. The van der Waals surface area contributed by atoms with Gasteiger partial charge in [0.05, 0.1) is 5.60 Å². The minimum atomic E-state index is -1.56. The first-order valence-corrected chi connectivity index (χ1v) is 10.2. The molecule has 26 heavy (non-hydrogen) atoms. The maximum Gasteiger partial charge on any atom is 0.404 e. The summed E-state index contributed by atoms with van der Waals surface area (Å²) in [6.45, 7) is 0.0592. The number of aryl methyl sites for hydroxylation is 1. The van der Waals surface area contributed by atoms with E-state index < -0.39 is 26.8 Å². The highest BCUT2D eigenvalue weighted by Gasteiger charge is 2.59. The van der Waals surface area contributed by atoms with E-state index in [-0.39, 0.29) is 13.0 Å². The van der Waals surface area contributed by atoms with Gasteiger partial charge in [0, 0.05) is 24.3 Å². The maximum atomic E-state index is 12.0. The molecule has 1 spiro atoms. The summed E-state index contributed by atoms with van der Waals surface area (Å²) in [6, 6.07) is 8.25. The summed E-state index contributed by atoms with van der Waals surface area (Å²) < 4.78 is -1.56. The number of rotatable bonds is 4. The number of amides is 1. The summed E-state index contributed by atoms with van der Waals surface area (Å²) in [7, 11) is 0. The van der Waals surface area contributed by atoms with Crippen molar-refractivity contribution in [3.05, 3.63) is 35.4 Å². The zero-order chi connectivity index (χ0) is 19.0. The van der Waals surface area contributed by atoms with Crippen LogP contribution in [0.4, 0.5) is 4.79 Å². The van der Waals surface area contributed by atoms with E-state index in [1.54, 1.807) is 0 Å². The highest BCUT2D eigenvalue weighted by molar-refractivity contribution is 6.67. The Morgan fingerprint density at radius 3 is 2.46 bits per heavy atom. The number of halogens is 3. The Morgan fingerprint density at radius 1 is 1.19 bits per heavy atom. The molecule has 0 bridgehead atoms. The van der Waals surface area contributed by atoms with Crippen molar-refractivity contribution in [3.63, 3.8) is 0 Å². The smallest absolute Gasteiger partial charge is 0.404 e. The van der Waals surface area contributed by atoms with E-state index in [2.05, 4.69) is 17.4 Å². The van der Waals surface area contributed by atoms with Crippen molar-refractivity contribution in [2.45, 2.75) is 59.8 Å². The molecule has 2 atom stereocenters. The van der Waals surface area contributed by atoms with Gasteiger partial charge in [-0.15, -0.1) is 0 Å². The Kier molecular flexibility index (Phi) is 5.70. The molecule has 1 fully saturated rings. The van der Waals surface area contributed by atoms with Crippen LogP contribution in [0.25, 0.3) is 0 Å². The number of hydrogen-bond acceptors (Lipinski definition) is 2. The summed E-state index contributed by atoms with van der Waals surface area (Å²) in [6.07, 6.45) is 4.02. The van der Waals surface area contributed by atoms with E-state index in [0.717, 1.165) is 32.1 Å². The third-order valence-corrected chi connectivity index (χ3v) is 6.71. The van der Waals surface area contributed by atoms with E-state index in [1.807, 2.05) is 12.1 Å². The monoisotopic (exact) mass is 419 g/mol. The van der Waals surface area contributed by atoms with E-state index in [9.17, 15) is 9.90 Å². The second kappa shape index (κ2) is 7.38. The number of carbonyl (C=O) groups is 1. The Bertz CT molecular complexity index is 670. The molecule has 0 radical (unpaired) electrons. The number of fused-ring (bicyclic) bond motifs is 2. The average molecular weight is 421 g/mol. The molecule has 1 amide bonds. The van der Waals surface area contributed by atoms with Gasteiger partial charge in [-0.1, -0.05) is 71.9 Å². The molecule has 4 nitrogen and oxygen atoms in total. The van der Waals surface area contributed by atoms with Crippen LogP contribution >= 0.6 is 34.8 Å². The second-order valence-corrected chi connectivity index (χ2v) is 10.1. The molecule has 0 saturated heterocycles. The fourth-order valence-electron chi connectivity index (χ4n) is 5.18. The van der Waals surface area contributed by atoms with Crippen molar-refractivity contribution in [1.82, 2.24) is 5.32 Å². The Morgan fingerprint density at radius 2 is 1.85 bits per heavy atom. The van der Waals surface area contributed by atoms with E-state index in [0.29, 0.717) is 6.42 Å². The minimum Gasteiger partial charge on any atom is -0.465 e. The van der Waals surface area contributed by atoms with Crippen molar-refractivity contribution in [1.29, 1.82) is 0 Å². The van der Waals surface area contributed by atoms with Gasteiger partial charge in [0.1, 0.15) is 0 Å². The molecule has 3 N–H and O–H groups in total. The normalized spacial score (nSPS) is 25.7. The molecule has 2 aliphatic carbocycles. The molecule has 1 aromatic carbocycles. The summed E-state index contributed by atoms with van der Waals surface area (Å²) in [5.41, 5.74) is 0.904. The van der Waals surface area contributed by atoms with Gasteiger partial charge < -0.3 is 15.5 Å². The van der Waals surface area contributed by atoms with Crippen LogP contribution in [0.1, 0.15) is 49.7 Å². The predicted octanol–water partition coefficient (Wildman–Crippen LogP) is 4.82. The fourth-order valence-corrected chi connectivity index (χ4v) is 5.74.